The van der Waals surface area contributed by atoms with Gasteiger partial charge in [0.25, 0.3) is 0 Å². The first-order chi connectivity index (χ1) is 16.6. The molecule has 35 heavy (non-hydrogen) atoms. The summed E-state index contributed by atoms with van der Waals surface area (Å²) in [5.74, 6) is -1.35. The fourth-order valence-corrected chi connectivity index (χ4v) is 4.84. The standard InChI is InChI=1S/C24H20FIN4O4S/c1-35(33,34)22-5-3-2-4-18(22)15-6-11-20(19(25)14-15)29-23(31)21-12-13-27-30(21)24(32)28-17-9-7-16(26)8-10-17/h2-11,13-14,21H,12H2,1H3,(H,28,32)(H,29,31). The van der Waals surface area contributed by atoms with Gasteiger partial charge in [0, 0.05) is 33.7 Å². The van der Waals surface area contributed by atoms with Crippen LogP contribution in [0.5, 0.6) is 0 Å². The molecule has 3 amide bonds. The zero-order valence-electron chi connectivity index (χ0n) is 18.4. The summed E-state index contributed by atoms with van der Waals surface area (Å²) >= 11 is 2.15. The summed E-state index contributed by atoms with van der Waals surface area (Å²) in [7, 11) is -3.52. The van der Waals surface area contributed by atoms with Gasteiger partial charge in [-0.15, -0.1) is 0 Å². The van der Waals surface area contributed by atoms with Gasteiger partial charge in [0.15, 0.2) is 9.84 Å². The van der Waals surface area contributed by atoms with Crippen molar-refractivity contribution in [3.8, 4) is 11.1 Å². The molecule has 2 N–H and O–H groups in total. The van der Waals surface area contributed by atoms with Crippen LogP contribution in [0.15, 0.2) is 76.7 Å². The minimum Gasteiger partial charge on any atom is -0.322 e. The van der Waals surface area contributed by atoms with Crippen LogP contribution in [-0.2, 0) is 14.6 Å². The lowest BCUT2D eigenvalue weighted by molar-refractivity contribution is -0.119. The molecule has 1 unspecified atom stereocenters. The Morgan fingerprint density at radius 2 is 1.77 bits per heavy atom. The van der Waals surface area contributed by atoms with Crippen LogP contribution in [0, 0.1) is 9.39 Å². The Morgan fingerprint density at radius 3 is 2.46 bits per heavy atom. The van der Waals surface area contributed by atoms with Gasteiger partial charge in [-0.1, -0.05) is 24.3 Å². The lowest BCUT2D eigenvalue weighted by Crippen LogP contribution is -2.43. The number of nitrogens with zero attached hydrogens (tertiary/aromatic N) is 2. The second kappa shape index (κ2) is 10.1. The number of halogens is 2. The first-order valence-electron chi connectivity index (χ1n) is 10.4. The van der Waals surface area contributed by atoms with Gasteiger partial charge in [0.05, 0.1) is 10.6 Å². The van der Waals surface area contributed by atoms with Crippen molar-refractivity contribution in [1.29, 1.82) is 0 Å². The molecule has 0 aliphatic carbocycles. The Balaban J connectivity index is 1.49. The maximum absolute atomic E-state index is 14.9. The van der Waals surface area contributed by atoms with E-state index in [1.807, 2.05) is 12.1 Å². The molecular weight excluding hydrogens is 586 g/mol. The molecule has 11 heteroatoms. The number of hydrogen-bond acceptors (Lipinski definition) is 5. The van der Waals surface area contributed by atoms with Crippen LogP contribution in [0.2, 0.25) is 0 Å². The number of anilines is 2. The first-order valence-corrected chi connectivity index (χ1v) is 13.4. The topological polar surface area (TPSA) is 108 Å². The summed E-state index contributed by atoms with van der Waals surface area (Å²) in [6, 6.07) is 15.9. The molecule has 0 bridgehead atoms. The Hall–Kier alpha value is -3.32. The van der Waals surface area contributed by atoms with E-state index in [0.29, 0.717) is 16.8 Å². The molecule has 0 aromatic heterocycles. The van der Waals surface area contributed by atoms with E-state index in [0.717, 1.165) is 20.9 Å². The molecule has 0 spiro atoms. The summed E-state index contributed by atoms with van der Waals surface area (Å²) < 4.78 is 40.1. The van der Waals surface area contributed by atoms with E-state index in [9.17, 15) is 22.4 Å². The molecule has 1 aliphatic rings. The number of nitrogens with one attached hydrogen (secondary N) is 2. The molecule has 0 saturated carbocycles. The molecule has 0 radical (unpaired) electrons. The monoisotopic (exact) mass is 606 g/mol. The van der Waals surface area contributed by atoms with Crippen LogP contribution in [0.4, 0.5) is 20.6 Å². The van der Waals surface area contributed by atoms with Crippen LogP contribution in [0.25, 0.3) is 11.1 Å². The lowest BCUT2D eigenvalue weighted by Gasteiger charge is -2.22. The van der Waals surface area contributed by atoms with Crippen molar-refractivity contribution >= 4 is 62.0 Å². The normalized spacial score (nSPS) is 15.2. The molecule has 4 rings (SSSR count). The third-order valence-corrected chi connectivity index (χ3v) is 7.13. The van der Waals surface area contributed by atoms with E-state index in [1.54, 1.807) is 30.3 Å². The minimum atomic E-state index is -3.52. The van der Waals surface area contributed by atoms with Gasteiger partial charge in [-0.2, -0.15) is 5.10 Å². The molecule has 3 aromatic rings. The number of hydrazone groups is 1. The van der Waals surface area contributed by atoms with Gasteiger partial charge in [-0.05, 0) is 70.6 Å². The molecule has 180 valence electrons. The Labute approximate surface area is 215 Å². The van der Waals surface area contributed by atoms with Crippen LogP contribution in [0.1, 0.15) is 6.42 Å². The van der Waals surface area contributed by atoms with E-state index in [1.165, 1.54) is 24.4 Å². The maximum atomic E-state index is 14.9. The molecule has 1 heterocycles. The zero-order valence-corrected chi connectivity index (χ0v) is 21.4. The van der Waals surface area contributed by atoms with Crippen molar-refractivity contribution in [2.45, 2.75) is 17.4 Å². The highest BCUT2D eigenvalue weighted by Gasteiger charge is 2.33. The van der Waals surface area contributed by atoms with E-state index >= 15 is 0 Å². The van der Waals surface area contributed by atoms with Crippen LogP contribution >= 0.6 is 22.6 Å². The highest BCUT2D eigenvalue weighted by molar-refractivity contribution is 14.1. The van der Waals surface area contributed by atoms with Crippen molar-refractivity contribution in [3.63, 3.8) is 0 Å². The second-order valence-electron chi connectivity index (χ2n) is 7.78. The SMILES string of the molecule is CS(=O)(=O)c1ccccc1-c1ccc(NC(=O)C2CC=NN2C(=O)Nc2ccc(I)cc2)c(F)c1. The number of carbonyl (C=O) groups excluding carboxylic acids is 2. The van der Waals surface area contributed by atoms with Crippen LogP contribution in [-0.4, -0.2) is 43.9 Å². The molecule has 1 aliphatic heterocycles. The average molecular weight is 606 g/mol. The molecular formula is C24H20FIN4O4S. The number of amides is 3. The van der Waals surface area contributed by atoms with E-state index in [4.69, 9.17) is 0 Å². The third-order valence-electron chi connectivity index (χ3n) is 5.26. The lowest BCUT2D eigenvalue weighted by atomic mass is 10.0. The maximum Gasteiger partial charge on any atom is 0.343 e. The van der Waals surface area contributed by atoms with Crippen molar-refractivity contribution in [2.24, 2.45) is 5.10 Å². The van der Waals surface area contributed by atoms with Gasteiger partial charge in [-0.25, -0.2) is 22.6 Å². The predicted octanol–water partition coefficient (Wildman–Crippen LogP) is 4.73. The van der Waals surface area contributed by atoms with Crippen molar-refractivity contribution in [1.82, 2.24) is 5.01 Å². The molecule has 3 aromatic carbocycles. The fraction of sp³-hybridized carbons (Fsp3) is 0.125. The zero-order chi connectivity index (χ0) is 25.2. The number of hydrogen-bond donors (Lipinski definition) is 2. The van der Waals surface area contributed by atoms with Gasteiger partial charge < -0.3 is 10.6 Å². The molecule has 0 saturated heterocycles. The fourth-order valence-electron chi connectivity index (χ4n) is 3.57. The van der Waals surface area contributed by atoms with Gasteiger partial charge in [0.2, 0.25) is 5.91 Å². The molecule has 0 fully saturated rings. The summed E-state index contributed by atoms with van der Waals surface area (Å²) in [6.45, 7) is 0. The average Bonchev–Trinajstić information content (AvgIpc) is 3.32. The third kappa shape index (κ3) is 5.68. The summed E-state index contributed by atoms with van der Waals surface area (Å²) in [5, 5.41) is 10.2. The second-order valence-corrected chi connectivity index (χ2v) is 11.0. The highest BCUT2D eigenvalue weighted by Crippen LogP contribution is 2.30. The van der Waals surface area contributed by atoms with Gasteiger partial charge in [0.1, 0.15) is 11.9 Å². The van der Waals surface area contributed by atoms with E-state index in [-0.39, 0.29) is 17.0 Å². The summed E-state index contributed by atoms with van der Waals surface area (Å²) in [6.07, 6.45) is 2.70. The van der Waals surface area contributed by atoms with Crippen molar-refractivity contribution in [2.75, 3.05) is 16.9 Å². The largest absolute Gasteiger partial charge is 0.343 e. The van der Waals surface area contributed by atoms with Gasteiger partial charge in [-0.3, -0.25) is 4.79 Å². The number of carbonyl (C=O) groups is 2. The minimum absolute atomic E-state index is 0.0778. The number of rotatable bonds is 5. The predicted molar refractivity (Wildman–Crippen MR) is 140 cm³/mol. The van der Waals surface area contributed by atoms with E-state index in [2.05, 4.69) is 38.3 Å². The number of benzene rings is 3. The molecule has 8 nitrogen and oxygen atoms in total. The van der Waals surface area contributed by atoms with Crippen LogP contribution in [0.3, 0.4) is 0 Å². The first kappa shape index (κ1) is 24.8. The highest BCUT2D eigenvalue weighted by atomic mass is 127. The van der Waals surface area contributed by atoms with E-state index < -0.39 is 33.6 Å². The smallest absolute Gasteiger partial charge is 0.322 e. The Morgan fingerprint density at radius 1 is 1.06 bits per heavy atom. The van der Waals surface area contributed by atoms with Crippen molar-refractivity contribution in [3.05, 3.63) is 76.1 Å². The summed E-state index contributed by atoms with van der Waals surface area (Å²) in [5.41, 5.74) is 1.16. The number of urea groups is 1. The summed E-state index contributed by atoms with van der Waals surface area (Å²) in [4.78, 5) is 25.6. The van der Waals surface area contributed by atoms with Crippen molar-refractivity contribution < 1.29 is 22.4 Å². The molecule has 1 atom stereocenters. The quantitative estimate of drug-likeness (QED) is 0.410. The Kier molecular flexibility index (Phi) is 7.17. The van der Waals surface area contributed by atoms with Gasteiger partial charge >= 0.3 is 6.03 Å². The van der Waals surface area contributed by atoms with Crippen LogP contribution < -0.4 is 10.6 Å². The Bertz CT molecular complexity index is 1430. The number of sulfone groups is 1.